The van der Waals surface area contributed by atoms with Gasteiger partial charge in [0.1, 0.15) is 11.4 Å². The fourth-order valence-corrected chi connectivity index (χ4v) is 11.3. The van der Waals surface area contributed by atoms with E-state index in [1.54, 1.807) is 0 Å². The molecule has 8 nitrogen and oxygen atoms in total. The molecule has 4 fully saturated rings. The van der Waals surface area contributed by atoms with E-state index in [0.717, 1.165) is 61.3 Å². The van der Waals surface area contributed by atoms with Gasteiger partial charge in [-0.05, 0) is 88.0 Å². The number of hydrogen-bond acceptors (Lipinski definition) is 6. The monoisotopic (exact) mass is 716 g/mol. The Balaban J connectivity index is 1.00. The van der Waals surface area contributed by atoms with Crippen molar-refractivity contribution in [3.63, 3.8) is 0 Å². The lowest BCUT2D eigenvalue weighted by molar-refractivity contribution is 0.223. The van der Waals surface area contributed by atoms with Crippen molar-refractivity contribution in [3.8, 4) is 22.3 Å². The van der Waals surface area contributed by atoms with Crippen LogP contribution in [-0.2, 0) is 0 Å². The number of hydrogen-bond donors (Lipinski definition) is 4. The molecule has 6 aliphatic rings. The quantitative estimate of drug-likeness (QED) is 0.110. The van der Waals surface area contributed by atoms with E-state index in [1.807, 2.05) is 48.5 Å². The molecule has 0 spiro atoms. The van der Waals surface area contributed by atoms with Gasteiger partial charge in [-0.15, -0.1) is 0 Å². The van der Waals surface area contributed by atoms with Gasteiger partial charge in [0.25, 0.3) is 0 Å². The maximum atomic E-state index is 15.7. The molecule has 5 aromatic rings. The normalized spacial score (nSPS) is 32.1. The summed E-state index contributed by atoms with van der Waals surface area (Å²) in [6.07, 6.45) is 6.99. The molecular weight excluding hydrogens is 669 g/mol. The van der Waals surface area contributed by atoms with Crippen molar-refractivity contribution in [1.82, 2.24) is 30.6 Å². The third kappa shape index (κ3) is 4.72. The molecule has 0 amide bonds. The van der Waals surface area contributed by atoms with E-state index in [2.05, 4.69) is 81.9 Å². The Morgan fingerprint density at radius 3 is 1.30 bits per heavy atom. The summed E-state index contributed by atoms with van der Waals surface area (Å²) in [6.45, 7) is 4.16. The zero-order chi connectivity index (χ0) is 36.0. The van der Waals surface area contributed by atoms with Crippen LogP contribution < -0.4 is 30.6 Å². The van der Waals surface area contributed by atoms with Crippen LogP contribution in [0.15, 0.2) is 109 Å². The third-order valence-electron chi connectivity index (χ3n) is 13.8. The standard InChI is InChI=1S/C46H48N6O2/c53-51(31-17-13-29(14-18-31)33-23-27-47-37-9-5-25-49-45(33)37)39-11-3-1-7-35(39)43-41(51)21-22-42-44(43)36-8-2-4-12-40(36)52(42,54)32-19-15-30(16-20-32)34-24-28-48-38-10-6-26-50-46(34)38/h1-4,7-8,11-22,33-34,37-38,45-50H,5-6,9-10,23-28H2. The van der Waals surface area contributed by atoms with E-state index in [1.165, 1.54) is 36.8 Å². The minimum Gasteiger partial charge on any atom is -0.616 e. The van der Waals surface area contributed by atoms with Gasteiger partial charge in [0.2, 0.25) is 0 Å². The van der Waals surface area contributed by atoms with Crippen molar-refractivity contribution >= 4 is 34.1 Å². The average molecular weight is 717 g/mol. The first-order valence-electron chi connectivity index (χ1n) is 20.3. The summed E-state index contributed by atoms with van der Waals surface area (Å²) in [6, 6.07) is 38.7. The average Bonchev–Trinajstić information content (AvgIpc) is 3.67. The summed E-state index contributed by atoms with van der Waals surface area (Å²) < 4.78 is -1.37. The zero-order valence-corrected chi connectivity index (χ0v) is 30.6. The topological polar surface area (TPSA) is 94.2 Å². The highest BCUT2D eigenvalue weighted by atomic mass is 16.6. The van der Waals surface area contributed by atoms with Crippen molar-refractivity contribution in [1.29, 1.82) is 0 Å². The summed E-state index contributed by atoms with van der Waals surface area (Å²) in [4.78, 5) is 0. The molecule has 8 heteroatoms. The van der Waals surface area contributed by atoms with E-state index >= 15 is 10.4 Å². The van der Waals surface area contributed by atoms with E-state index in [4.69, 9.17) is 0 Å². The Morgan fingerprint density at radius 2 is 0.852 bits per heavy atom. The Bertz CT molecular complexity index is 2080. The molecule has 0 aliphatic carbocycles. The second-order valence-electron chi connectivity index (χ2n) is 16.4. The SMILES string of the molecule is [O-][N+]1(c2ccc(C3CCNC4CCCNC43)cc2)c2ccccc2-c2c1ccc1c2-c2ccccc2[N+]1([O-])c1ccc(C2CCNC3CCCNC32)cc1. The number of piperidine rings is 4. The molecule has 54 heavy (non-hydrogen) atoms. The second kappa shape index (κ2) is 12.7. The van der Waals surface area contributed by atoms with E-state index in [0.29, 0.717) is 70.1 Å². The molecule has 6 heterocycles. The maximum Gasteiger partial charge on any atom is 0.152 e. The van der Waals surface area contributed by atoms with Crippen molar-refractivity contribution in [2.45, 2.75) is 74.5 Å². The molecule has 4 N–H and O–H groups in total. The van der Waals surface area contributed by atoms with Gasteiger partial charge in [0, 0.05) is 84.5 Å². The lowest BCUT2D eigenvalue weighted by Crippen LogP contribution is -2.58. The van der Waals surface area contributed by atoms with E-state index < -0.39 is 9.29 Å². The number of quaternary nitrogens is 2. The fourth-order valence-electron chi connectivity index (χ4n) is 11.3. The molecule has 0 saturated carbocycles. The van der Waals surface area contributed by atoms with Gasteiger partial charge in [-0.1, -0.05) is 48.5 Å². The van der Waals surface area contributed by atoms with Crippen LogP contribution in [0.25, 0.3) is 22.3 Å². The number of nitrogens with zero attached hydrogens (tertiary/aromatic N) is 2. The Kier molecular flexibility index (Phi) is 7.77. The van der Waals surface area contributed by atoms with Gasteiger partial charge in [0.15, 0.2) is 22.7 Å². The van der Waals surface area contributed by atoms with Crippen molar-refractivity contribution in [2.75, 3.05) is 26.2 Å². The molecule has 8 unspecified atom stereocenters. The van der Waals surface area contributed by atoms with Crippen LogP contribution in [-0.4, -0.2) is 50.3 Å². The van der Waals surface area contributed by atoms with Crippen LogP contribution in [0.5, 0.6) is 0 Å². The van der Waals surface area contributed by atoms with Gasteiger partial charge in [-0.2, -0.15) is 0 Å². The third-order valence-corrected chi connectivity index (χ3v) is 13.8. The lowest BCUT2D eigenvalue weighted by atomic mass is 9.79. The molecule has 11 rings (SSSR count). The number of fused-ring (bicyclic) bond motifs is 9. The van der Waals surface area contributed by atoms with Gasteiger partial charge in [0.05, 0.1) is 22.3 Å². The first-order valence-corrected chi connectivity index (χ1v) is 20.3. The molecular formula is C46H48N6O2. The molecule has 0 bridgehead atoms. The summed E-state index contributed by atoms with van der Waals surface area (Å²) in [7, 11) is 0. The Hall–Kier alpha value is -4.22. The predicted molar refractivity (Wildman–Crippen MR) is 220 cm³/mol. The van der Waals surface area contributed by atoms with Gasteiger partial charge in [-0.3, -0.25) is 9.29 Å². The van der Waals surface area contributed by atoms with Gasteiger partial charge < -0.3 is 31.7 Å². The first-order chi connectivity index (χ1) is 26.5. The summed E-state index contributed by atoms with van der Waals surface area (Å²) in [5, 5.41) is 46.5. The summed E-state index contributed by atoms with van der Waals surface area (Å²) in [5.74, 6) is 0.835. The highest BCUT2D eigenvalue weighted by molar-refractivity contribution is 6.13. The fraction of sp³-hybridized carbons (Fsp3) is 0.348. The highest BCUT2D eigenvalue weighted by Crippen LogP contribution is 2.66. The molecule has 4 saturated heterocycles. The van der Waals surface area contributed by atoms with Crippen LogP contribution >= 0.6 is 0 Å². The molecule has 6 aliphatic heterocycles. The van der Waals surface area contributed by atoms with Crippen LogP contribution in [0.2, 0.25) is 0 Å². The molecule has 5 aromatic carbocycles. The molecule has 8 atom stereocenters. The molecule has 0 radical (unpaired) electrons. The number of nitrogens with one attached hydrogen (secondary N) is 4. The second-order valence-corrected chi connectivity index (χ2v) is 16.4. The van der Waals surface area contributed by atoms with E-state index in [9.17, 15) is 0 Å². The van der Waals surface area contributed by atoms with Crippen LogP contribution in [0.4, 0.5) is 34.1 Å². The van der Waals surface area contributed by atoms with Crippen LogP contribution in [0, 0.1) is 10.4 Å². The molecule has 274 valence electrons. The Morgan fingerprint density at radius 1 is 0.426 bits per heavy atom. The lowest BCUT2D eigenvalue weighted by Gasteiger charge is -2.43. The van der Waals surface area contributed by atoms with Crippen molar-refractivity contribution in [2.24, 2.45) is 0 Å². The smallest absolute Gasteiger partial charge is 0.152 e. The van der Waals surface area contributed by atoms with Crippen LogP contribution in [0.3, 0.4) is 0 Å². The number of para-hydroxylation sites is 2. The van der Waals surface area contributed by atoms with E-state index in [-0.39, 0.29) is 0 Å². The zero-order valence-electron chi connectivity index (χ0n) is 30.6. The largest absolute Gasteiger partial charge is 0.616 e. The minimum absolute atomic E-state index is 0.414. The maximum absolute atomic E-state index is 15.7. The number of benzene rings is 5. The minimum atomic E-state index is -0.683. The molecule has 0 aromatic heterocycles. The van der Waals surface area contributed by atoms with Gasteiger partial charge in [-0.25, -0.2) is 0 Å². The van der Waals surface area contributed by atoms with Crippen molar-refractivity contribution in [3.05, 3.63) is 131 Å². The number of rotatable bonds is 4. The van der Waals surface area contributed by atoms with Gasteiger partial charge >= 0.3 is 0 Å². The summed E-state index contributed by atoms with van der Waals surface area (Å²) in [5.41, 5.74) is 10.2. The highest BCUT2D eigenvalue weighted by Gasteiger charge is 2.48. The predicted octanol–water partition coefficient (Wildman–Crippen LogP) is 8.98. The first kappa shape index (κ1) is 33.1. The van der Waals surface area contributed by atoms with Crippen molar-refractivity contribution < 1.29 is 0 Å². The van der Waals surface area contributed by atoms with Crippen LogP contribution in [0.1, 0.15) is 61.5 Å². The summed E-state index contributed by atoms with van der Waals surface area (Å²) >= 11 is 0. The Labute approximate surface area is 317 Å².